The molecule has 10 heteroatoms. The van der Waals surface area contributed by atoms with Crippen molar-refractivity contribution in [1.29, 1.82) is 0 Å². The molecule has 35 heavy (non-hydrogen) atoms. The molecule has 2 aromatic carbocycles. The third kappa shape index (κ3) is 6.26. The molecular formula is C25H20O10. The molecule has 0 aliphatic heterocycles. The molecule has 180 valence electrons. The highest BCUT2D eigenvalue weighted by molar-refractivity contribution is 5.81. The van der Waals surface area contributed by atoms with Gasteiger partial charge in [0.2, 0.25) is 0 Å². The van der Waals surface area contributed by atoms with Crippen LogP contribution >= 0.6 is 0 Å². The number of hydrogen-bond acceptors (Lipinski definition) is 10. The predicted molar refractivity (Wildman–Crippen MR) is 123 cm³/mol. The number of fused-ring (bicyclic) bond motifs is 2. The topological polar surface area (TPSA) is 131 Å². The van der Waals surface area contributed by atoms with Crippen LogP contribution in [0.1, 0.15) is 5.56 Å². The molecule has 0 N–H and O–H groups in total. The van der Waals surface area contributed by atoms with E-state index in [0.717, 1.165) is 10.9 Å². The number of rotatable bonds is 9. The quantitative estimate of drug-likeness (QED) is 0.200. The van der Waals surface area contributed by atoms with Gasteiger partial charge in [-0.05, 0) is 42.8 Å². The number of carbonyl (C=O) groups excluding carboxylic acids is 2. The Bertz CT molecular complexity index is 1500. The summed E-state index contributed by atoms with van der Waals surface area (Å²) in [5.74, 6) is -0.671. The van der Waals surface area contributed by atoms with E-state index in [9.17, 15) is 19.2 Å². The lowest BCUT2D eigenvalue weighted by Crippen LogP contribution is -2.21. The van der Waals surface area contributed by atoms with Gasteiger partial charge in [0.05, 0.1) is 0 Å². The van der Waals surface area contributed by atoms with E-state index in [0.29, 0.717) is 28.1 Å². The number of hydrogen-bond donors (Lipinski definition) is 0. The molecule has 0 saturated carbocycles. The van der Waals surface area contributed by atoms with Crippen LogP contribution < -0.4 is 20.7 Å². The minimum Gasteiger partial charge on any atom is -0.482 e. The van der Waals surface area contributed by atoms with E-state index in [2.05, 4.69) is 0 Å². The monoisotopic (exact) mass is 480 g/mol. The fourth-order valence-electron chi connectivity index (χ4n) is 3.20. The number of aryl methyl sites for hydroxylation is 1. The lowest BCUT2D eigenvalue weighted by atomic mass is 10.1. The molecule has 0 unspecified atom stereocenters. The van der Waals surface area contributed by atoms with Gasteiger partial charge in [-0.15, -0.1) is 0 Å². The van der Waals surface area contributed by atoms with Gasteiger partial charge >= 0.3 is 23.2 Å². The Kier molecular flexibility index (Phi) is 7.10. The molecule has 0 atom stereocenters. The summed E-state index contributed by atoms with van der Waals surface area (Å²) in [6.07, 6.45) is 0. The maximum absolute atomic E-state index is 11.9. The summed E-state index contributed by atoms with van der Waals surface area (Å²) >= 11 is 0. The summed E-state index contributed by atoms with van der Waals surface area (Å²) in [7, 11) is 0. The second-order valence-corrected chi connectivity index (χ2v) is 7.38. The van der Waals surface area contributed by atoms with Crippen molar-refractivity contribution in [1.82, 2.24) is 0 Å². The maximum atomic E-state index is 11.9. The Morgan fingerprint density at radius 1 is 0.714 bits per heavy atom. The average Bonchev–Trinajstić information content (AvgIpc) is 2.83. The third-order valence-electron chi connectivity index (χ3n) is 4.84. The Morgan fingerprint density at radius 2 is 1.29 bits per heavy atom. The lowest BCUT2D eigenvalue weighted by Gasteiger charge is -2.09. The SMILES string of the molecule is Cc1cc(=O)oc2cc(OCC(=O)OCCOC(=O)COc3ccc4ccc(=O)oc4c3)ccc12. The first-order valence-electron chi connectivity index (χ1n) is 10.5. The maximum Gasteiger partial charge on any atom is 0.344 e. The number of benzene rings is 2. The van der Waals surface area contributed by atoms with E-state index in [-0.39, 0.29) is 26.4 Å². The molecule has 10 nitrogen and oxygen atoms in total. The first kappa shape index (κ1) is 23.6. The van der Waals surface area contributed by atoms with Crippen molar-refractivity contribution >= 4 is 33.9 Å². The summed E-state index contributed by atoms with van der Waals surface area (Å²) in [6, 6.07) is 14.0. The van der Waals surface area contributed by atoms with E-state index in [1.54, 1.807) is 37.3 Å². The summed E-state index contributed by atoms with van der Waals surface area (Å²) < 4.78 is 30.8. The molecule has 0 amide bonds. The zero-order valence-electron chi connectivity index (χ0n) is 18.6. The van der Waals surface area contributed by atoms with E-state index < -0.39 is 23.2 Å². The van der Waals surface area contributed by atoms with Crippen molar-refractivity contribution in [3.63, 3.8) is 0 Å². The van der Waals surface area contributed by atoms with Gasteiger partial charge in [0.1, 0.15) is 35.9 Å². The van der Waals surface area contributed by atoms with Crippen molar-refractivity contribution < 1.29 is 37.4 Å². The van der Waals surface area contributed by atoms with Gasteiger partial charge in [-0.3, -0.25) is 0 Å². The van der Waals surface area contributed by atoms with Gasteiger partial charge in [0.15, 0.2) is 13.2 Å². The molecule has 0 aliphatic carbocycles. The van der Waals surface area contributed by atoms with Crippen LogP contribution in [-0.2, 0) is 19.1 Å². The third-order valence-corrected chi connectivity index (χ3v) is 4.84. The zero-order valence-corrected chi connectivity index (χ0v) is 18.6. The van der Waals surface area contributed by atoms with Crippen LogP contribution in [0.2, 0.25) is 0 Å². The highest BCUT2D eigenvalue weighted by atomic mass is 16.6. The molecule has 4 rings (SSSR count). The second-order valence-electron chi connectivity index (χ2n) is 7.38. The first-order valence-corrected chi connectivity index (χ1v) is 10.5. The van der Waals surface area contributed by atoms with Crippen LogP contribution in [0.15, 0.2) is 73.0 Å². The highest BCUT2D eigenvalue weighted by Gasteiger charge is 2.10. The number of ether oxygens (including phenoxy) is 4. The largest absolute Gasteiger partial charge is 0.482 e. The first-order chi connectivity index (χ1) is 16.9. The van der Waals surface area contributed by atoms with E-state index in [1.165, 1.54) is 24.3 Å². The Morgan fingerprint density at radius 3 is 1.97 bits per heavy atom. The Balaban J connectivity index is 1.16. The lowest BCUT2D eigenvalue weighted by molar-refractivity contribution is -0.154. The van der Waals surface area contributed by atoms with Crippen LogP contribution in [0.5, 0.6) is 11.5 Å². The standard InChI is InChI=1S/C25H20O10/c1-15-10-23(27)35-21-12-18(5-6-19(15)21)33-14-25(29)31-9-8-30-24(28)13-32-17-4-2-16-3-7-22(26)34-20(16)11-17/h2-7,10-12H,8-9,13-14H2,1H3. The molecule has 0 fully saturated rings. The van der Waals surface area contributed by atoms with Crippen LogP contribution in [0.3, 0.4) is 0 Å². The van der Waals surface area contributed by atoms with Crippen molar-refractivity contribution in [2.75, 3.05) is 26.4 Å². The summed E-state index contributed by atoms with van der Waals surface area (Å²) in [5.41, 5.74) is 0.490. The molecule has 0 aliphatic rings. The molecule has 0 spiro atoms. The van der Waals surface area contributed by atoms with E-state index in [4.69, 9.17) is 27.8 Å². The van der Waals surface area contributed by atoms with Gasteiger partial charge in [-0.25, -0.2) is 19.2 Å². The van der Waals surface area contributed by atoms with Gasteiger partial charge in [-0.2, -0.15) is 0 Å². The molecule has 2 aromatic heterocycles. The van der Waals surface area contributed by atoms with Crippen molar-refractivity contribution in [3.8, 4) is 11.5 Å². The molecule has 4 aromatic rings. The minimum atomic E-state index is -0.667. The smallest absolute Gasteiger partial charge is 0.344 e. The van der Waals surface area contributed by atoms with Crippen molar-refractivity contribution in [2.45, 2.75) is 6.92 Å². The molecule has 0 bridgehead atoms. The van der Waals surface area contributed by atoms with Gasteiger partial charge in [0, 0.05) is 35.0 Å². The number of carbonyl (C=O) groups is 2. The predicted octanol–water partition coefficient (Wildman–Crippen LogP) is 2.75. The molecule has 2 heterocycles. The van der Waals surface area contributed by atoms with Crippen LogP contribution in [0.4, 0.5) is 0 Å². The van der Waals surface area contributed by atoms with Crippen LogP contribution in [0, 0.1) is 6.92 Å². The van der Waals surface area contributed by atoms with Crippen molar-refractivity contribution in [3.05, 3.63) is 81.0 Å². The van der Waals surface area contributed by atoms with Crippen LogP contribution in [0.25, 0.3) is 21.9 Å². The molecule has 0 saturated heterocycles. The van der Waals surface area contributed by atoms with Gasteiger partial charge in [0.25, 0.3) is 0 Å². The van der Waals surface area contributed by atoms with Crippen molar-refractivity contribution in [2.24, 2.45) is 0 Å². The summed E-state index contributed by atoms with van der Waals surface area (Å²) in [6.45, 7) is 0.704. The van der Waals surface area contributed by atoms with Gasteiger partial charge < -0.3 is 27.8 Å². The molecule has 0 radical (unpaired) electrons. The highest BCUT2D eigenvalue weighted by Crippen LogP contribution is 2.22. The summed E-state index contributed by atoms with van der Waals surface area (Å²) in [5, 5.41) is 1.48. The average molecular weight is 480 g/mol. The fraction of sp³-hybridized carbons (Fsp3) is 0.200. The normalized spacial score (nSPS) is 10.8. The van der Waals surface area contributed by atoms with E-state index in [1.807, 2.05) is 0 Å². The fourth-order valence-corrected chi connectivity index (χ4v) is 3.20. The Labute approximate surface area is 197 Å². The Hall–Kier alpha value is -4.60. The minimum absolute atomic E-state index is 0.166. The second kappa shape index (κ2) is 10.6. The summed E-state index contributed by atoms with van der Waals surface area (Å²) in [4.78, 5) is 46.5. The van der Waals surface area contributed by atoms with Gasteiger partial charge in [-0.1, -0.05) is 0 Å². The van der Waals surface area contributed by atoms with E-state index >= 15 is 0 Å². The number of esters is 2. The van der Waals surface area contributed by atoms with Crippen LogP contribution in [-0.4, -0.2) is 38.4 Å². The zero-order chi connectivity index (χ0) is 24.8. The molecular weight excluding hydrogens is 460 g/mol.